The lowest BCUT2D eigenvalue weighted by Crippen LogP contribution is -2.41. The highest BCUT2D eigenvalue weighted by Crippen LogP contribution is 2.31. The normalized spacial score (nSPS) is 23.3. The van der Waals surface area contributed by atoms with E-state index < -0.39 is 0 Å². The number of nitrogens with one attached hydrogen (secondary N) is 1. The summed E-state index contributed by atoms with van der Waals surface area (Å²) in [7, 11) is 2.14. The van der Waals surface area contributed by atoms with Crippen LogP contribution in [0.5, 0.6) is 0 Å². The molecule has 152 valence electrons. The Morgan fingerprint density at radius 3 is 2.66 bits per heavy atom. The standard InChI is InChI=1S/C22H28N6O/c1-15-13-28(19-4-3-17(12-23)21-22(19)25-8-7-24-21)14-18(15)26-20(29)11-16-5-9-27(2)10-6-16/h3-4,7-8,15-16,18H,5-6,9-11,13-14H2,1-2H3,(H,26,29)/t15-,18+/m1/s1. The van der Waals surface area contributed by atoms with Gasteiger partial charge in [0.1, 0.15) is 17.1 Å². The molecule has 0 radical (unpaired) electrons. The molecule has 2 aliphatic rings. The molecule has 1 aromatic heterocycles. The van der Waals surface area contributed by atoms with Gasteiger partial charge >= 0.3 is 0 Å². The van der Waals surface area contributed by atoms with Gasteiger partial charge < -0.3 is 15.1 Å². The number of benzene rings is 1. The van der Waals surface area contributed by atoms with Crippen molar-refractivity contribution < 1.29 is 4.79 Å². The van der Waals surface area contributed by atoms with Crippen LogP contribution in [0.25, 0.3) is 11.0 Å². The van der Waals surface area contributed by atoms with E-state index in [9.17, 15) is 10.1 Å². The number of fused-ring (bicyclic) bond motifs is 1. The van der Waals surface area contributed by atoms with Crippen LogP contribution in [-0.2, 0) is 4.79 Å². The minimum atomic E-state index is 0.121. The third-order valence-corrected chi connectivity index (χ3v) is 6.34. The summed E-state index contributed by atoms with van der Waals surface area (Å²) in [6, 6.07) is 6.07. The Bertz CT molecular complexity index is 931. The van der Waals surface area contributed by atoms with Gasteiger partial charge in [0, 0.05) is 31.9 Å². The Morgan fingerprint density at radius 2 is 1.93 bits per heavy atom. The van der Waals surface area contributed by atoms with Gasteiger partial charge in [-0.1, -0.05) is 6.92 Å². The lowest BCUT2D eigenvalue weighted by atomic mass is 9.93. The molecule has 2 aliphatic heterocycles. The van der Waals surface area contributed by atoms with Crippen molar-refractivity contribution in [2.75, 3.05) is 38.1 Å². The van der Waals surface area contributed by atoms with Crippen molar-refractivity contribution in [2.24, 2.45) is 11.8 Å². The first-order chi connectivity index (χ1) is 14.0. The highest BCUT2D eigenvalue weighted by atomic mass is 16.1. The minimum absolute atomic E-state index is 0.121. The Morgan fingerprint density at radius 1 is 1.21 bits per heavy atom. The molecule has 0 unspecified atom stereocenters. The van der Waals surface area contributed by atoms with Crippen molar-refractivity contribution in [1.82, 2.24) is 20.2 Å². The summed E-state index contributed by atoms with van der Waals surface area (Å²) in [6.07, 6.45) is 6.11. The predicted octanol–water partition coefficient (Wildman–Crippen LogP) is 2.17. The van der Waals surface area contributed by atoms with Gasteiger partial charge in [-0.15, -0.1) is 0 Å². The van der Waals surface area contributed by atoms with Gasteiger partial charge in [0.15, 0.2) is 0 Å². The number of nitriles is 1. The van der Waals surface area contributed by atoms with Crippen LogP contribution in [0.15, 0.2) is 24.5 Å². The lowest BCUT2D eigenvalue weighted by Gasteiger charge is -2.29. The quantitative estimate of drug-likeness (QED) is 0.858. The van der Waals surface area contributed by atoms with E-state index in [4.69, 9.17) is 0 Å². The molecule has 1 aromatic carbocycles. The first-order valence-corrected chi connectivity index (χ1v) is 10.4. The zero-order valence-electron chi connectivity index (χ0n) is 17.1. The molecule has 2 fully saturated rings. The Hall–Kier alpha value is -2.72. The second-order valence-electron chi connectivity index (χ2n) is 8.50. The second kappa shape index (κ2) is 8.34. The van der Waals surface area contributed by atoms with Crippen LogP contribution >= 0.6 is 0 Å². The number of rotatable bonds is 4. The van der Waals surface area contributed by atoms with E-state index in [1.165, 1.54) is 0 Å². The summed E-state index contributed by atoms with van der Waals surface area (Å²) in [5.41, 5.74) is 2.89. The van der Waals surface area contributed by atoms with Crippen molar-refractivity contribution in [3.63, 3.8) is 0 Å². The van der Waals surface area contributed by atoms with Crippen LogP contribution in [0.3, 0.4) is 0 Å². The number of carbonyl (C=O) groups is 1. The van der Waals surface area contributed by atoms with Crippen molar-refractivity contribution in [1.29, 1.82) is 5.26 Å². The second-order valence-corrected chi connectivity index (χ2v) is 8.50. The fraction of sp³-hybridized carbons (Fsp3) is 0.545. The van der Waals surface area contributed by atoms with Crippen LogP contribution in [0.4, 0.5) is 5.69 Å². The molecule has 1 amide bonds. The van der Waals surface area contributed by atoms with E-state index in [2.05, 4.69) is 45.1 Å². The minimum Gasteiger partial charge on any atom is -0.367 e. The third kappa shape index (κ3) is 4.18. The first-order valence-electron chi connectivity index (χ1n) is 10.4. The number of anilines is 1. The molecule has 0 spiro atoms. The van der Waals surface area contributed by atoms with Gasteiger partial charge in [0.2, 0.25) is 5.91 Å². The van der Waals surface area contributed by atoms with Gasteiger partial charge in [0.05, 0.1) is 17.3 Å². The summed E-state index contributed by atoms with van der Waals surface area (Å²) >= 11 is 0. The first kappa shape index (κ1) is 19.6. The zero-order chi connectivity index (χ0) is 20.4. The van der Waals surface area contributed by atoms with Crippen molar-refractivity contribution in [2.45, 2.75) is 32.2 Å². The monoisotopic (exact) mass is 392 g/mol. The highest BCUT2D eigenvalue weighted by molar-refractivity contribution is 5.92. The molecule has 7 heteroatoms. The van der Waals surface area contributed by atoms with Crippen molar-refractivity contribution >= 4 is 22.6 Å². The summed E-state index contributed by atoms with van der Waals surface area (Å²) in [5.74, 6) is 1.01. The molecule has 2 saturated heterocycles. The Labute approximate surface area is 171 Å². The fourth-order valence-corrected chi connectivity index (χ4v) is 4.53. The summed E-state index contributed by atoms with van der Waals surface area (Å²) in [5, 5.41) is 12.6. The van der Waals surface area contributed by atoms with E-state index in [1.807, 2.05) is 12.1 Å². The SMILES string of the molecule is C[C@@H]1CN(c2ccc(C#N)c3nccnc23)C[C@@H]1NC(=O)CC1CCN(C)CC1. The van der Waals surface area contributed by atoms with Crippen LogP contribution in [0, 0.1) is 23.2 Å². The number of carbonyl (C=O) groups excluding carboxylic acids is 1. The molecule has 0 aliphatic carbocycles. The van der Waals surface area contributed by atoms with E-state index >= 15 is 0 Å². The maximum Gasteiger partial charge on any atom is 0.220 e. The van der Waals surface area contributed by atoms with Crippen LogP contribution in [0.2, 0.25) is 0 Å². The van der Waals surface area contributed by atoms with Crippen LogP contribution < -0.4 is 10.2 Å². The molecular formula is C22H28N6O. The summed E-state index contributed by atoms with van der Waals surface area (Å²) < 4.78 is 0. The molecule has 29 heavy (non-hydrogen) atoms. The number of nitrogens with zero attached hydrogens (tertiary/aromatic N) is 5. The van der Waals surface area contributed by atoms with Gasteiger partial charge in [-0.2, -0.15) is 5.26 Å². The average Bonchev–Trinajstić information content (AvgIpc) is 3.08. The number of amides is 1. The maximum absolute atomic E-state index is 12.6. The summed E-state index contributed by atoms with van der Waals surface area (Å²) in [4.78, 5) is 26.1. The topological polar surface area (TPSA) is 85.1 Å². The van der Waals surface area contributed by atoms with Gasteiger partial charge in [0.25, 0.3) is 0 Å². The molecule has 4 rings (SSSR count). The number of hydrogen-bond donors (Lipinski definition) is 1. The molecule has 1 N–H and O–H groups in total. The van der Waals surface area contributed by atoms with Gasteiger partial charge in [-0.25, -0.2) is 0 Å². The molecule has 3 heterocycles. The molecule has 2 atom stereocenters. The number of likely N-dealkylation sites (tertiary alicyclic amines) is 1. The Balaban J connectivity index is 1.43. The van der Waals surface area contributed by atoms with E-state index in [1.54, 1.807) is 12.4 Å². The molecule has 2 aromatic rings. The van der Waals surface area contributed by atoms with Gasteiger partial charge in [-0.05, 0) is 56.9 Å². The van der Waals surface area contributed by atoms with Crippen LogP contribution in [-0.4, -0.2) is 60.0 Å². The van der Waals surface area contributed by atoms with Gasteiger partial charge in [-0.3, -0.25) is 14.8 Å². The average molecular weight is 393 g/mol. The van der Waals surface area contributed by atoms with Crippen LogP contribution in [0.1, 0.15) is 31.7 Å². The molecular weight excluding hydrogens is 364 g/mol. The molecule has 0 saturated carbocycles. The fourth-order valence-electron chi connectivity index (χ4n) is 4.53. The van der Waals surface area contributed by atoms with E-state index in [-0.39, 0.29) is 11.9 Å². The number of piperidine rings is 1. The number of aromatic nitrogens is 2. The van der Waals surface area contributed by atoms with Crippen molar-refractivity contribution in [3.05, 3.63) is 30.1 Å². The lowest BCUT2D eigenvalue weighted by molar-refractivity contribution is -0.123. The maximum atomic E-state index is 12.6. The highest BCUT2D eigenvalue weighted by Gasteiger charge is 2.32. The summed E-state index contributed by atoms with van der Waals surface area (Å²) in [6.45, 7) is 5.93. The predicted molar refractivity (Wildman–Crippen MR) is 112 cm³/mol. The van der Waals surface area contributed by atoms with E-state index in [0.717, 1.165) is 50.2 Å². The van der Waals surface area contributed by atoms with E-state index in [0.29, 0.717) is 29.3 Å². The van der Waals surface area contributed by atoms with Crippen molar-refractivity contribution in [3.8, 4) is 6.07 Å². The molecule has 0 bridgehead atoms. The zero-order valence-corrected chi connectivity index (χ0v) is 17.1. The third-order valence-electron chi connectivity index (χ3n) is 6.34. The molecule has 7 nitrogen and oxygen atoms in total. The Kier molecular flexibility index (Phi) is 5.63. The largest absolute Gasteiger partial charge is 0.367 e. The number of hydrogen-bond acceptors (Lipinski definition) is 6. The smallest absolute Gasteiger partial charge is 0.220 e.